The zero-order valence-corrected chi connectivity index (χ0v) is 7.44. The summed E-state index contributed by atoms with van der Waals surface area (Å²) in [6, 6.07) is 0. The fraction of sp³-hybridized carbons (Fsp3) is 0.667. The van der Waals surface area contributed by atoms with Gasteiger partial charge in [-0.2, -0.15) is 0 Å². The Bertz CT molecular complexity index is 236. The van der Waals surface area contributed by atoms with Gasteiger partial charge in [-0.3, -0.25) is 4.79 Å². The normalized spacial score (nSPS) is 10.1. The van der Waals surface area contributed by atoms with Gasteiger partial charge in [0.15, 0.2) is 5.12 Å². The smallest absolute Gasteiger partial charge is 0.185 e. The Labute approximate surface area is 75.6 Å². The van der Waals surface area contributed by atoms with Gasteiger partial charge in [-0.25, -0.2) is 4.68 Å². The summed E-state index contributed by atoms with van der Waals surface area (Å²) in [6.45, 7) is 0.758. The summed E-state index contributed by atoms with van der Waals surface area (Å²) in [5.41, 5.74) is 0. The molecule has 0 bridgehead atoms. The minimum atomic E-state index is -0.0632. The lowest BCUT2D eigenvalue weighted by Crippen LogP contribution is -1.99. The maximum absolute atomic E-state index is 10.4. The molecule has 0 amide bonds. The standard InChI is InChI=1S/C6H10N4OS/c11-6(12)3-1-2-4-10-5-7-8-9-10/h5H,1-4H2,(H,11,12). The van der Waals surface area contributed by atoms with Gasteiger partial charge in [-0.15, -0.1) is 17.7 Å². The van der Waals surface area contributed by atoms with Crippen molar-refractivity contribution < 1.29 is 4.79 Å². The van der Waals surface area contributed by atoms with Gasteiger partial charge < -0.3 is 0 Å². The van der Waals surface area contributed by atoms with Crippen LogP contribution in [0.4, 0.5) is 0 Å². The molecule has 0 aromatic carbocycles. The summed E-state index contributed by atoms with van der Waals surface area (Å²) >= 11 is 3.66. The van der Waals surface area contributed by atoms with E-state index in [-0.39, 0.29) is 5.12 Å². The van der Waals surface area contributed by atoms with Gasteiger partial charge in [0.2, 0.25) is 0 Å². The van der Waals surface area contributed by atoms with Crippen LogP contribution in [0.25, 0.3) is 0 Å². The first kappa shape index (κ1) is 9.18. The van der Waals surface area contributed by atoms with Crippen molar-refractivity contribution in [2.75, 3.05) is 0 Å². The highest BCUT2D eigenvalue weighted by Crippen LogP contribution is 1.99. The van der Waals surface area contributed by atoms with Gasteiger partial charge in [0.25, 0.3) is 0 Å². The van der Waals surface area contributed by atoms with E-state index in [2.05, 4.69) is 28.2 Å². The average Bonchev–Trinajstić information content (AvgIpc) is 2.49. The number of carbonyl (C=O) groups is 1. The molecule has 1 aromatic rings. The number of hydrogen-bond acceptors (Lipinski definition) is 4. The molecule has 66 valence electrons. The molecule has 6 heteroatoms. The third-order valence-electron chi connectivity index (χ3n) is 1.42. The van der Waals surface area contributed by atoms with Crippen LogP contribution >= 0.6 is 12.6 Å². The molecule has 0 aliphatic carbocycles. The Kier molecular flexibility index (Phi) is 3.72. The Balaban J connectivity index is 2.07. The molecule has 0 N–H and O–H groups in total. The monoisotopic (exact) mass is 186 g/mol. The van der Waals surface area contributed by atoms with Crippen LogP contribution in [0.3, 0.4) is 0 Å². The largest absolute Gasteiger partial charge is 0.288 e. The second-order valence-corrected chi connectivity index (χ2v) is 2.92. The second-order valence-electron chi connectivity index (χ2n) is 2.42. The van der Waals surface area contributed by atoms with Crippen LogP contribution in [0.15, 0.2) is 6.33 Å². The molecular weight excluding hydrogens is 176 g/mol. The molecule has 1 aromatic heterocycles. The summed E-state index contributed by atoms with van der Waals surface area (Å²) in [5, 5.41) is 10.6. The molecule has 0 saturated carbocycles. The van der Waals surface area contributed by atoms with Crippen molar-refractivity contribution in [2.24, 2.45) is 0 Å². The van der Waals surface area contributed by atoms with E-state index in [1.165, 1.54) is 0 Å². The summed E-state index contributed by atoms with van der Waals surface area (Å²) in [4.78, 5) is 10.4. The van der Waals surface area contributed by atoms with Gasteiger partial charge in [-0.05, 0) is 23.3 Å². The van der Waals surface area contributed by atoms with Gasteiger partial charge in [0.1, 0.15) is 6.33 Å². The lowest BCUT2D eigenvalue weighted by molar-refractivity contribution is -0.110. The molecule has 1 rings (SSSR count). The third kappa shape index (κ3) is 3.47. The fourth-order valence-electron chi connectivity index (χ4n) is 0.833. The van der Waals surface area contributed by atoms with E-state index in [1.807, 2.05) is 0 Å². The van der Waals surface area contributed by atoms with Crippen LogP contribution in [-0.2, 0) is 11.3 Å². The van der Waals surface area contributed by atoms with Crippen LogP contribution in [0.5, 0.6) is 0 Å². The molecule has 0 fully saturated rings. The number of thiol groups is 1. The molecule has 0 saturated heterocycles. The number of rotatable bonds is 5. The van der Waals surface area contributed by atoms with Crippen molar-refractivity contribution in [3.05, 3.63) is 6.33 Å². The fourth-order valence-corrected chi connectivity index (χ4v) is 0.991. The van der Waals surface area contributed by atoms with E-state index in [0.717, 1.165) is 19.4 Å². The predicted molar refractivity (Wildman–Crippen MR) is 45.7 cm³/mol. The predicted octanol–water partition coefficient (Wildman–Crippen LogP) is 0.300. The van der Waals surface area contributed by atoms with E-state index in [4.69, 9.17) is 0 Å². The van der Waals surface area contributed by atoms with Crippen LogP contribution in [0.2, 0.25) is 0 Å². The van der Waals surface area contributed by atoms with Crippen LogP contribution in [-0.4, -0.2) is 25.3 Å². The lowest BCUT2D eigenvalue weighted by atomic mass is 10.2. The SMILES string of the molecule is O=C(S)CCCCn1cnnn1. The molecule has 5 nitrogen and oxygen atoms in total. The van der Waals surface area contributed by atoms with E-state index in [0.29, 0.717) is 6.42 Å². The van der Waals surface area contributed by atoms with Crippen LogP contribution in [0, 0.1) is 0 Å². The summed E-state index contributed by atoms with van der Waals surface area (Å²) in [5.74, 6) is 0. The molecule has 12 heavy (non-hydrogen) atoms. The van der Waals surface area contributed by atoms with Crippen LogP contribution < -0.4 is 0 Å². The first-order valence-electron chi connectivity index (χ1n) is 3.71. The minimum absolute atomic E-state index is 0.0632. The van der Waals surface area contributed by atoms with Crippen molar-refractivity contribution in [3.63, 3.8) is 0 Å². The Morgan fingerprint density at radius 2 is 2.33 bits per heavy atom. The number of aryl methyl sites for hydroxylation is 1. The van der Waals surface area contributed by atoms with E-state index in [1.54, 1.807) is 11.0 Å². The van der Waals surface area contributed by atoms with Crippen molar-refractivity contribution in [1.29, 1.82) is 0 Å². The third-order valence-corrected chi connectivity index (χ3v) is 1.64. The molecule has 0 atom stereocenters. The average molecular weight is 186 g/mol. The van der Waals surface area contributed by atoms with Crippen molar-refractivity contribution >= 4 is 17.7 Å². The molecule has 0 spiro atoms. The summed E-state index contributed by atoms with van der Waals surface area (Å²) in [7, 11) is 0. The molecule has 0 aliphatic rings. The summed E-state index contributed by atoms with van der Waals surface area (Å²) in [6.07, 6.45) is 3.81. The number of tetrazole rings is 1. The number of hydrogen-bond donors (Lipinski definition) is 1. The number of aromatic nitrogens is 4. The Morgan fingerprint density at radius 3 is 2.92 bits per heavy atom. The van der Waals surface area contributed by atoms with Gasteiger partial charge in [-0.1, -0.05) is 0 Å². The first-order valence-corrected chi connectivity index (χ1v) is 4.16. The highest BCUT2D eigenvalue weighted by atomic mass is 32.1. The van der Waals surface area contributed by atoms with E-state index < -0.39 is 0 Å². The topological polar surface area (TPSA) is 60.7 Å². The van der Waals surface area contributed by atoms with Crippen molar-refractivity contribution in [3.8, 4) is 0 Å². The second kappa shape index (κ2) is 4.87. The van der Waals surface area contributed by atoms with E-state index in [9.17, 15) is 4.79 Å². The maximum Gasteiger partial charge on any atom is 0.185 e. The number of carbonyl (C=O) groups excluding carboxylic acids is 1. The molecule has 0 aliphatic heterocycles. The highest BCUT2D eigenvalue weighted by Gasteiger charge is 1.95. The molecule has 0 radical (unpaired) electrons. The van der Waals surface area contributed by atoms with Gasteiger partial charge >= 0.3 is 0 Å². The minimum Gasteiger partial charge on any atom is -0.288 e. The van der Waals surface area contributed by atoms with Gasteiger partial charge in [0, 0.05) is 13.0 Å². The van der Waals surface area contributed by atoms with Gasteiger partial charge in [0.05, 0.1) is 0 Å². The highest BCUT2D eigenvalue weighted by molar-refractivity contribution is 7.96. The van der Waals surface area contributed by atoms with Crippen molar-refractivity contribution in [1.82, 2.24) is 20.2 Å². The quantitative estimate of drug-likeness (QED) is 0.530. The molecule has 0 unspecified atom stereocenters. The maximum atomic E-state index is 10.4. The lowest BCUT2D eigenvalue weighted by Gasteiger charge is -1.96. The first-order chi connectivity index (χ1) is 5.79. The zero-order valence-electron chi connectivity index (χ0n) is 6.55. The number of nitrogens with zero attached hydrogens (tertiary/aromatic N) is 4. The van der Waals surface area contributed by atoms with Crippen LogP contribution in [0.1, 0.15) is 19.3 Å². The number of unbranched alkanes of at least 4 members (excludes halogenated alkanes) is 1. The molecule has 1 heterocycles. The van der Waals surface area contributed by atoms with Crippen molar-refractivity contribution in [2.45, 2.75) is 25.8 Å². The Hall–Kier alpha value is -0.910. The summed E-state index contributed by atoms with van der Waals surface area (Å²) < 4.78 is 1.64. The van der Waals surface area contributed by atoms with E-state index >= 15 is 0 Å². The zero-order chi connectivity index (χ0) is 8.81. The Morgan fingerprint density at radius 1 is 1.50 bits per heavy atom. The molecular formula is C6H10N4OS.